The van der Waals surface area contributed by atoms with Gasteiger partial charge in [-0.1, -0.05) is 18.2 Å². The van der Waals surface area contributed by atoms with E-state index in [2.05, 4.69) is 31.9 Å². The van der Waals surface area contributed by atoms with Crippen LogP contribution in [-0.4, -0.2) is 48.2 Å². The summed E-state index contributed by atoms with van der Waals surface area (Å²) in [6, 6.07) is 10.1. The Morgan fingerprint density at radius 2 is 1.71 bits per heavy atom. The van der Waals surface area contributed by atoms with Crippen LogP contribution < -0.4 is 9.64 Å². The number of hydrogen-bond donors (Lipinski definition) is 0. The lowest BCUT2D eigenvalue weighted by atomic mass is 10.1. The summed E-state index contributed by atoms with van der Waals surface area (Å²) in [5.74, 6) is 1.79. The molecule has 1 fully saturated rings. The summed E-state index contributed by atoms with van der Waals surface area (Å²) in [6.07, 6.45) is 3.59. The molecule has 0 amide bonds. The molecule has 2 heterocycles. The van der Waals surface area contributed by atoms with Crippen LogP contribution in [0.2, 0.25) is 0 Å². The van der Waals surface area contributed by atoms with E-state index in [-0.39, 0.29) is 0 Å². The number of methoxy groups -OCH3 is 1. The van der Waals surface area contributed by atoms with Crippen LogP contribution in [0.4, 0.5) is 5.95 Å². The number of rotatable bonds is 4. The summed E-state index contributed by atoms with van der Waals surface area (Å²) < 4.78 is 5.42. The van der Waals surface area contributed by atoms with Crippen LogP contribution in [0.3, 0.4) is 0 Å². The fraction of sp³-hybridized carbons (Fsp3) is 0.375. The highest BCUT2D eigenvalue weighted by atomic mass is 16.5. The topological polar surface area (TPSA) is 41.5 Å². The van der Waals surface area contributed by atoms with E-state index in [0.717, 1.165) is 44.4 Å². The van der Waals surface area contributed by atoms with Crippen LogP contribution >= 0.6 is 0 Å². The van der Waals surface area contributed by atoms with Gasteiger partial charge < -0.3 is 9.64 Å². The second-order valence-electron chi connectivity index (χ2n) is 5.12. The molecule has 110 valence electrons. The van der Waals surface area contributed by atoms with E-state index in [0.29, 0.717) is 0 Å². The molecule has 1 aliphatic heterocycles. The third kappa shape index (κ3) is 3.31. The number of anilines is 1. The van der Waals surface area contributed by atoms with Gasteiger partial charge in [-0.2, -0.15) is 0 Å². The van der Waals surface area contributed by atoms with Gasteiger partial charge >= 0.3 is 0 Å². The Hall–Kier alpha value is -2.14. The molecule has 1 aliphatic rings. The molecule has 0 aliphatic carbocycles. The maximum Gasteiger partial charge on any atom is 0.225 e. The van der Waals surface area contributed by atoms with E-state index in [4.69, 9.17) is 4.74 Å². The minimum Gasteiger partial charge on any atom is -0.496 e. The summed E-state index contributed by atoms with van der Waals surface area (Å²) in [6.45, 7) is 4.86. The van der Waals surface area contributed by atoms with Crippen LogP contribution in [0.1, 0.15) is 5.56 Å². The van der Waals surface area contributed by atoms with Gasteiger partial charge in [-0.3, -0.25) is 4.90 Å². The van der Waals surface area contributed by atoms with Gasteiger partial charge in [-0.25, -0.2) is 9.97 Å². The molecule has 0 bridgehead atoms. The van der Waals surface area contributed by atoms with E-state index in [1.54, 1.807) is 19.5 Å². The molecule has 0 saturated carbocycles. The number of piperazine rings is 1. The lowest BCUT2D eigenvalue weighted by Crippen LogP contribution is -2.46. The zero-order chi connectivity index (χ0) is 14.5. The molecule has 1 aromatic heterocycles. The largest absolute Gasteiger partial charge is 0.496 e. The Morgan fingerprint density at radius 1 is 1.00 bits per heavy atom. The van der Waals surface area contributed by atoms with Crippen molar-refractivity contribution in [2.45, 2.75) is 6.54 Å². The lowest BCUT2D eigenvalue weighted by molar-refractivity contribution is 0.245. The maximum absolute atomic E-state index is 5.42. The van der Waals surface area contributed by atoms with Crippen molar-refractivity contribution in [2.24, 2.45) is 0 Å². The van der Waals surface area contributed by atoms with Crippen molar-refractivity contribution >= 4 is 5.95 Å². The summed E-state index contributed by atoms with van der Waals surface area (Å²) in [5.41, 5.74) is 1.24. The quantitative estimate of drug-likeness (QED) is 0.856. The number of aromatic nitrogens is 2. The SMILES string of the molecule is COc1ccccc1CN1CCN(c2ncccn2)CC1. The number of nitrogens with zero attached hydrogens (tertiary/aromatic N) is 4. The van der Waals surface area contributed by atoms with E-state index < -0.39 is 0 Å². The monoisotopic (exact) mass is 284 g/mol. The predicted molar refractivity (Wildman–Crippen MR) is 82.5 cm³/mol. The number of ether oxygens (including phenoxy) is 1. The second-order valence-corrected chi connectivity index (χ2v) is 5.12. The molecular formula is C16H20N4O. The molecular weight excluding hydrogens is 264 g/mol. The molecule has 0 N–H and O–H groups in total. The summed E-state index contributed by atoms with van der Waals surface area (Å²) in [5, 5.41) is 0. The lowest BCUT2D eigenvalue weighted by Gasteiger charge is -2.34. The maximum atomic E-state index is 5.42. The Bertz CT molecular complexity index is 567. The Labute approximate surface area is 125 Å². The zero-order valence-electron chi connectivity index (χ0n) is 12.3. The van der Waals surface area contributed by atoms with Crippen molar-refractivity contribution in [3.05, 3.63) is 48.3 Å². The minimum absolute atomic E-state index is 0.828. The van der Waals surface area contributed by atoms with Gasteiger partial charge in [0.2, 0.25) is 5.95 Å². The van der Waals surface area contributed by atoms with Crippen LogP contribution in [0.5, 0.6) is 5.75 Å². The highest BCUT2D eigenvalue weighted by molar-refractivity contribution is 5.33. The smallest absolute Gasteiger partial charge is 0.225 e. The summed E-state index contributed by atoms with van der Waals surface area (Å²) in [4.78, 5) is 13.3. The Morgan fingerprint density at radius 3 is 2.43 bits per heavy atom. The van der Waals surface area contributed by atoms with E-state index in [1.807, 2.05) is 18.2 Å². The molecule has 0 atom stereocenters. The first-order chi connectivity index (χ1) is 10.4. The van der Waals surface area contributed by atoms with Gasteiger partial charge in [0.1, 0.15) is 5.75 Å². The molecule has 1 aromatic carbocycles. The molecule has 3 rings (SSSR count). The molecule has 0 unspecified atom stereocenters. The van der Waals surface area contributed by atoms with E-state index in [9.17, 15) is 0 Å². The average Bonchev–Trinajstić information content (AvgIpc) is 2.57. The highest BCUT2D eigenvalue weighted by Crippen LogP contribution is 2.20. The molecule has 2 aromatic rings. The van der Waals surface area contributed by atoms with Crippen LogP contribution in [0, 0.1) is 0 Å². The minimum atomic E-state index is 0.828. The fourth-order valence-electron chi connectivity index (χ4n) is 2.64. The summed E-state index contributed by atoms with van der Waals surface area (Å²) in [7, 11) is 1.73. The molecule has 5 nitrogen and oxygen atoms in total. The first-order valence-corrected chi connectivity index (χ1v) is 7.23. The van der Waals surface area contributed by atoms with Gasteiger partial charge in [-0.15, -0.1) is 0 Å². The fourth-order valence-corrected chi connectivity index (χ4v) is 2.64. The van der Waals surface area contributed by atoms with E-state index in [1.165, 1.54) is 5.56 Å². The van der Waals surface area contributed by atoms with Gasteiger partial charge in [0.15, 0.2) is 0 Å². The van der Waals surface area contributed by atoms with Crippen LogP contribution in [0.25, 0.3) is 0 Å². The van der Waals surface area contributed by atoms with Gasteiger partial charge in [0, 0.05) is 50.7 Å². The molecule has 1 saturated heterocycles. The third-order valence-corrected chi connectivity index (χ3v) is 3.79. The van der Waals surface area contributed by atoms with Crippen molar-refractivity contribution < 1.29 is 4.74 Å². The number of benzene rings is 1. The first kappa shape index (κ1) is 13.8. The Kier molecular flexibility index (Phi) is 4.31. The van der Waals surface area contributed by atoms with Crippen molar-refractivity contribution in [3.8, 4) is 5.75 Å². The zero-order valence-corrected chi connectivity index (χ0v) is 12.3. The normalized spacial score (nSPS) is 16.0. The molecule has 0 spiro atoms. The van der Waals surface area contributed by atoms with Crippen molar-refractivity contribution in [2.75, 3.05) is 38.2 Å². The predicted octanol–water partition coefficient (Wildman–Crippen LogP) is 1.81. The number of hydrogen-bond acceptors (Lipinski definition) is 5. The molecule has 5 heteroatoms. The highest BCUT2D eigenvalue weighted by Gasteiger charge is 2.19. The van der Waals surface area contributed by atoms with Crippen molar-refractivity contribution in [1.82, 2.24) is 14.9 Å². The third-order valence-electron chi connectivity index (χ3n) is 3.79. The van der Waals surface area contributed by atoms with Crippen molar-refractivity contribution in [3.63, 3.8) is 0 Å². The summed E-state index contributed by atoms with van der Waals surface area (Å²) >= 11 is 0. The van der Waals surface area contributed by atoms with Gasteiger partial charge in [0.25, 0.3) is 0 Å². The Balaban J connectivity index is 1.59. The van der Waals surface area contributed by atoms with Crippen LogP contribution in [-0.2, 0) is 6.54 Å². The first-order valence-electron chi connectivity index (χ1n) is 7.23. The van der Waals surface area contributed by atoms with Gasteiger partial charge in [-0.05, 0) is 12.1 Å². The standard InChI is InChI=1S/C16H20N4O/c1-21-15-6-3-2-5-14(15)13-19-9-11-20(12-10-19)16-17-7-4-8-18-16/h2-8H,9-13H2,1H3. The average molecular weight is 284 g/mol. The second kappa shape index (κ2) is 6.54. The van der Waals surface area contributed by atoms with Crippen LogP contribution in [0.15, 0.2) is 42.7 Å². The van der Waals surface area contributed by atoms with E-state index >= 15 is 0 Å². The molecule has 21 heavy (non-hydrogen) atoms. The van der Waals surface area contributed by atoms with Gasteiger partial charge in [0.05, 0.1) is 7.11 Å². The van der Waals surface area contributed by atoms with Crippen molar-refractivity contribution in [1.29, 1.82) is 0 Å². The molecule has 0 radical (unpaired) electrons. The number of para-hydroxylation sites is 1.